The van der Waals surface area contributed by atoms with Gasteiger partial charge in [0.25, 0.3) is 0 Å². The first-order valence-electron chi connectivity index (χ1n) is 4.38. The largest absolute Gasteiger partial charge is 0.480 e. The Labute approximate surface area is 85.0 Å². The van der Waals surface area contributed by atoms with Gasteiger partial charge in [-0.1, -0.05) is 0 Å². The molecule has 1 fully saturated rings. The summed E-state index contributed by atoms with van der Waals surface area (Å²) in [6.07, 6.45) is 0.169. The Kier molecular flexibility index (Phi) is 3.71. The van der Waals surface area contributed by atoms with Crippen LogP contribution in [-0.4, -0.2) is 34.0 Å². The third kappa shape index (κ3) is 3.42. The molecule has 1 aliphatic rings. The number of alkyl halides is 2. The van der Waals surface area contributed by atoms with E-state index in [9.17, 15) is 13.6 Å². The molecule has 0 unspecified atom stereocenters. The van der Waals surface area contributed by atoms with Crippen molar-refractivity contribution in [3.8, 4) is 0 Å². The van der Waals surface area contributed by atoms with E-state index in [1.807, 2.05) is 0 Å². The normalized spacial score (nSPS) is 22.8. The number of carboxylic acid groups (broad SMARTS) is 1. The van der Waals surface area contributed by atoms with Gasteiger partial charge in [-0.2, -0.15) is 11.8 Å². The average molecular weight is 225 g/mol. The molecule has 1 saturated carbocycles. The van der Waals surface area contributed by atoms with Crippen molar-refractivity contribution < 1.29 is 18.7 Å². The Morgan fingerprint density at radius 1 is 1.64 bits per heavy atom. The van der Waals surface area contributed by atoms with Gasteiger partial charge < -0.3 is 10.8 Å². The molecule has 0 saturated heterocycles. The Morgan fingerprint density at radius 3 is 2.64 bits per heavy atom. The van der Waals surface area contributed by atoms with E-state index in [1.165, 1.54) is 11.8 Å². The SMILES string of the molecule is N[C@@H](CCSC1CC(F)(F)C1)C(=O)O. The van der Waals surface area contributed by atoms with Crippen LogP contribution in [0.5, 0.6) is 0 Å². The maximum absolute atomic E-state index is 12.4. The lowest BCUT2D eigenvalue weighted by atomic mass is 9.94. The highest BCUT2D eigenvalue weighted by atomic mass is 32.2. The molecule has 6 heteroatoms. The monoisotopic (exact) mass is 225 g/mol. The molecule has 0 heterocycles. The van der Waals surface area contributed by atoms with Gasteiger partial charge in [0.05, 0.1) is 0 Å². The van der Waals surface area contributed by atoms with Crippen molar-refractivity contribution in [1.82, 2.24) is 0 Å². The fourth-order valence-corrected chi connectivity index (χ4v) is 2.66. The standard InChI is InChI=1S/C8H13F2NO2S/c9-8(10)3-5(4-8)14-2-1-6(11)7(12)13/h5-6H,1-4,11H2,(H,12,13)/t6-/m0/s1. The van der Waals surface area contributed by atoms with Crippen LogP contribution in [-0.2, 0) is 4.79 Å². The number of nitrogens with two attached hydrogens (primary N) is 1. The lowest BCUT2D eigenvalue weighted by Crippen LogP contribution is -2.38. The molecule has 0 spiro atoms. The van der Waals surface area contributed by atoms with E-state index in [1.54, 1.807) is 0 Å². The second kappa shape index (κ2) is 4.44. The van der Waals surface area contributed by atoms with Crippen LogP contribution in [0.4, 0.5) is 8.78 Å². The Balaban J connectivity index is 2.03. The second-order valence-corrected chi connectivity index (χ2v) is 4.90. The van der Waals surface area contributed by atoms with Crippen molar-refractivity contribution in [2.24, 2.45) is 5.73 Å². The van der Waals surface area contributed by atoms with Gasteiger partial charge in [-0.05, 0) is 12.2 Å². The number of halogens is 2. The molecule has 82 valence electrons. The zero-order valence-corrected chi connectivity index (χ0v) is 8.40. The highest BCUT2D eigenvalue weighted by Gasteiger charge is 2.45. The molecule has 3 N–H and O–H groups in total. The van der Waals surface area contributed by atoms with Crippen LogP contribution in [0, 0.1) is 0 Å². The fraction of sp³-hybridized carbons (Fsp3) is 0.875. The van der Waals surface area contributed by atoms with E-state index in [-0.39, 0.29) is 18.1 Å². The zero-order valence-electron chi connectivity index (χ0n) is 7.58. The van der Waals surface area contributed by atoms with Crippen molar-refractivity contribution in [1.29, 1.82) is 0 Å². The van der Waals surface area contributed by atoms with Crippen LogP contribution in [0.3, 0.4) is 0 Å². The van der Waals surface area contributed by atoms with Crippen molar-refractivity contribution >= 4 is 17.7 Å². The van der Waals surface area contributed by atoms with Crippen LogP contribution < -0.4 is 5.73 Å². The molecule has 3 nitrogen and oxygen atoms in total. The van der Waals surface area contributed by atoms with Gasteiger partial charge in [0.2, 0.25) is 5.92 Å². The molecular weight excluding hydrogens is 212 g/mol. The van der Waals surface area contributed by atoms with Crippen LogP contribution >= 0.6 is 11.8 Å². The second-order valence-electron chi connectivity index (χ2n) is 3.49. The molecule has 0 amide bonds. The van der Waals surface area contributed by atoms with Crippen molar-refractivity contribution in [2.75, 3.05) is 5.75 Å². The van der Waals surface area contributed by atoms with Gasteiger partial charge in [-0.15, -0.1) is 0 Å². The molecule has 0 aromatic carbocycles. The summed E-state index contributed by atoms with van der Waals surface area (Å²) >= 11 is 1.39. The Bertz CT molecular complexity index is 217. The minimum Gasteiger partial charge on any atom is -0.480 e. The van der Waals surface area contributed by atoms with Gasteiger partial charge in [0.15, 0.2) is 0 Å². The maximum Gasteiger partial charge on any atom is 0.320 e. The highest BCUT2D eigenvalue weighted by molar-refractivity contribution is 7.99. The van der Waals surface area contributed by atoms with E-state index >= 15 is 0 Å². The first-order valence-corrected chi connectivity index (χ1v) is 5.43. The molecule has 1 atom stereocenters. The van der Waals surface area contributed by atoms with E-state index in [0.29, 0.717) is 12.2 Å². The minimum absolute atomic E-state index is 0.0222. The fourth-order valence-electron chi connectivity index (χ4n) is 1.21. The van der Waals surface area contributed by atoms with E-state index in [4.69, 9.17) is 10.8 Å². The van der Waals surface area contributed by atoms with Gasteiger partial charge in [-0.3, -0.25) is 4.79 Å². The number of rotatable bonds is 5. The van der Waals surface area contributed by atoms with Crippen molar-refractivity contribution in [3.63, 3.8) is 0 Å². The summed E-state index contributed by atoms with van der Waals surface area (Å²) in [5.41, 5.74) is 5.25. The number of carbonyl (C=O) groups is 1. The quantitative estimate of drug-likeness (QED) is 0.740. The lowest BCUT2D eigenvalue weighted by molar-refractivity contribution is -0.138. The predicted octanol–water partition coefficient (Wildman–Crippen LogP) is 1.32. The number of hydrogen-bond donors (Lipinski definition) is 2. The Hall–Kier alpha value is -0.360. The number of hydrogen-bond acceptors (Lipinski definition) is 3. The first kappa shape index (κ1) is 11.7. The van der Waals surface area contributed by atoms with Gasteiger partial charge in [0.1, 0.15) is 6.04 Å². The molecule has 0 bridgehead atoms. The van der Waals surface area contributed by atoms with Crippen molar-refractivity contribution in [3.05, 3.63) is 0 Å². The molecular formula is C8H13F2NO2S. The number of aliphatic carboxylic acids is 1. The van der Waals surface area contributed by atoms with Crippen LogP contribution in [0.25, 0.3) is 0 Å². The summed E-state index contributed by atoms with van der Waals surface area (Å²) in [7, 11) is 0. The molecule has 0 aliphatic heterocycles. The first-order chi connectivity index (χ1) is 6.41. The molecule has 1 rings (SSSR count). The summed E-state index contributed by atoms with van der Waals surface area (Å²) in [5.74, 6) is -3.00. The topological polar surface area (TPSA) is 63.3 Å². The number of carboxylic acids is 1. The summed E-state index contributed by atoms with van der Waals surface area (Å²) in [6.45, 7) is 0. The zero-order chi connectivity index (χ0) is 10.8. The van der Waals surface area contributed by atoms with Crippen LogP contribution in [0.15, 0.2) is 0 Å². The van der Waals surface area contributed by atoms with Gasteiger partial charge in [-0.25, -0.2) is 8.78 Å². The Morgan fingerprint density at radius 2 is 2.21 bits per heavy atom. The summed E-state index contributed by atoms with van der Waals surface area (Å²) < 4.78 is 24.7. The average Bonchev–Trinajstić information content (AvgIpc) is 2.00. The van der Waals surface area contributed by atoms with Gasteiger partial charge in [0, 0.05) is 18.1 Å². The lowest BCUT2D eigenvalue weighted by Gasteiger charge is -2.34. The third-order valence-electron chi connectivity index (χ3n) is 2.15. The molecule has 0 aromatic rings. The summed E-state index contributed by atoms with van der Waals surface area (Å²) in [6, 6.07) is -0.872. The predicted molar refractivity (Wildman–Crippen MR) is 50.7 cm³/mol. The number of thioether (sulfide) groups is 1. The van der Waals surface area contributed by atoms with Gasteiger partial charge >= 0.3 is 5.97 Å². The van der Waals surface area contributed by atoms with E-state index < -0.39 is 17.9 Å². The summed E-state index contributed by atoms with van der Waals surface area (Å²) in [4.78, 5) is 10.3. The third-order valence-corrected chi connectivity index (χ3v) is 3.43. The molecule has 0 aromatic heterocycles. The maximum atomic E-state index is 12.4. The molecule has 0 radical (unpaired) electrons. The minimum atomic E-state index is -2.49. The molecule has 1 aliphatic carbocycles. The molecule has 14 heavy (non-hydrogen) atoms. The van der Waals surface area contributed by atoms with Crippen molar-refractivity contribution in [2.45, 2.75) is 36.5 Å². The van der Waals surface area contributed by atoms with E-state index in [0.717, 1.165) is 0 Å². The summed E-state index contributed by atoms with van der Waals surface area (Å²) in [5, 5.41) is 8.43. The van der Waals surface area contributed by atoms with E-state index in [2.05, 4.69) is 0 Å². The van der Waals surface area contributed by atoms with Crippen LogP contribution in [0.1, 0.15) is 19.3 Å². The highest BCUT2D eigenvalue weighted by Crippen LogP contribution is 2.44. The van der Waals surface area contributed by atoms with Crippen LogP contribution in [0.2, 0.25) is 0 Å². The smallest absolute Gasteiger partial charge is 0.320 e.